The fourth-order valence-electron chi connectivity index (χ4n) is 2.75. The van der Waals surface area contributed by atoms with E-state index in [0.717, 1.165) is 19.5 Å². The van der Waals surface area contributed by atoms with Crippen molar-refractivity contribution in [2.24, 2.45) is 5.92 Å². The third-order valence-corrected chi connectivity index (χ3v) is 3.81. The van der Waals surface area contributed by atoms with Gasteiger partial charge in [-0.25, -0.2) is 9.37 Å². The van der Waals surface area contributed by atoms with E-state index in [4.69, 9.17) is 0 Å². The number of fused-ring (bicyclic) bond motifs is 1. The van der Waals surface area contributed by atoms with Gasteiger partial charge in [-0.15, -0.1) is 0 Å². The van der Waals surface area contributed by atoms with Crippen LogP contribution in [0.3, 0.4) is 0 Å². The topological polar surface area (TPSA) is 33.2 Å². The van der Waals surface area contributed by atoms with Crippen molar-refractivity contribution in [3.63, 3.8) is 0 Å². The minimum Gasteiger partial charge on any atom is -0.337 e. The van der Waals surface area contributed by atoms with E-state index in [2.05, 4.69) is 11.9 Å². The average molecular weight is 272 g/mol. The van der Waals surface area contributed by atoms with Crippen molar-refractivity contribution in [1.29, 1.82) is 0 Å². The summed E-state index contributed by atoms with van der Waals surface area (Å²) in [5.41, 5.74) is 1.10. The van der Waals surface area contributed by atoms with Gasteiger partial charge in [-0.1, -0.05) is 13.0 Å². The third-order valence-electron chi connectivity index (χ3n) is 3.81. The Balaban J connectivity index is 1.89. The molecule has 104 valence electrons. The first-order valence-electron chi connectivity index (χ1n) is 6.99. The van der Waals surface area contributed by atoms with Crippen LogP contribution in [0.1, 0.15) is 30.3 Å². The largest absolute Gasteiger partial charge is 0.337 e. The predicted octanol–water partition coefficient (Wildman–Crippen LogP) is 3.25. The Kier molecular flexibility index (Phi) is 3.38. The minimum absolute atomic E-state index is 0.0252. The summed E-state index contributed by atoms with van der Waals surface area (Å²) in [6.07, 6.45) is 2.22. The molecule has 0 saturated carbocycles. The number of halogens is 1. The van der Waals surface area contributed by atoms with Crippen LogP contribution in [-0.2, 0) is 0 Å². The summed E-state index contributed by atoms with van der Waals surface area (Å²) in [5, 5.41) is 0.716. The van der Waals surface area contributed by atoms with Gasteiger partial charge in [-0.05, 0) is 43.0 Å². The second-order valence-electron chi connectivity index (χ2n) is 5.53. The van der Waals surface area contributed by atoms with Gasteiger partial charge in [0.2, 0.25) is 0 Å². The van der Waals surface area contributed by atoms with Crippen LogP contribution in [0.5, 0.6) is 0 Å². The molecule has 1 aromatic carbocycles. The van der Waals surface area contributed by atoms with E-state index < -0.39 is 0 Å². The highest BCUT2D eigenvalue weighted by molar-refractivity contribution is 5.95. The molecular formula is C16H17FN2O. The van der Waals surface area contributed by atoms with Gasteiger partial charge in [0.1, 0.15) is 11.5 Å². The fraction of sp³-hybridized carbons (Fsp3) is 0.375. The number of aromatic nitrogens is 1. The molecule has 2 heterocycles. The number of rotatable bonds is 1. The second kappa shape index (κ2) is 5.19. The maximum absolute atomic E-state index is 13.1. The molecule has 20 heavy (non-hydrogen) atoms. The summed E-state index contributed by atoms with van der Waals surface area (Å²) in [4.78, 5) is 18.7. The van der Waals surface area contributed by atoms with Crippen LogP contribution >= 0.6 is 0 Å². The summed E-state index contributed by atoms with van der Waals surface area (Å²) in [6, 6.07) is 7.85. The molecule has 1 saturated heterocycles. The van der Waals surface area contributed by atoms with E-state index in [1.54, 1.807) is 18.2 Å². The second-order valence-corrected chi connectivity index (χ2v) is 5.53. The van der Waals surface area contributed by atoms with Crippen molar-refractivity contribution in [3.8, 4) is 0 Å². The number of likely N-dealkylation sites (tertiary alicyclic amines) is 1. The Morgan fingerprint density at radius 3 is 3.00 bits per heavy atom. The van der Waals surface area contributed by atoms with Crippen LogP contribution in [0.2, 0.25) is 0 Å². The normalized spacial score (nSPS) is 19.3. The van der Waals surface area contributed by atoms with E-state index in [1.807, 2.05) is 4.90 Å². The average Bonchev–Trinajstić information content (AvgIpc) is 2.46. The van der Waals surface area contributed by atoms with Crippen LogP contribution in [0.15, 0.2) is 30.3 Å². The number of carbonyl (C=O) groups excluding carboxylic acids is 1. The fourth-order valence-corrected chi connectivity index (χ4v) is 2.75. The summed E-state index contributed by atoms with van der Waals surface area (Å²) in [5.74, 6) is 0.230. The van der Waals surface area contributed by atoms with Crippen molar-refractivity contribution in [2.75, 3.05) is 13.1 Å². The lowest BCUT2D eigenvalue weighted by molar-refractivity contribution is 0.0677. The van der Waals surface area contributed by atoms with Gasteiger partial charge in [0, 0.05) is 18.5 Å². The molecule has 1 aliphatic heterocycles. The Bertz CT molecular complexity index is 656. The van der Waals surface area contributed by atoms with Crippen molar-refractivity contribution in [3.05, 3.63) is 41.8 Å². The highest BCUT2D eigenvalue weighted by Gasteiger charge is 2.22. The Hall–Kier alpha value is -1.97. The van der Waals surface area contributed by atoms with Crippen LogP contribution in [0.4, 0.5) is 4.39 Å². The molecule has 0 bridgehead atoms. The smallest absolute Gasteiger partial charge is 0.272 e. The molecular weight excluding hydrogens is 255 g/mol. The lowest BCUT2D eigenvalue weighted by atomic mass is 10.00. The lowest BCUT2D eigenvalue weighted by Crippen LogP contribution is -2.39. The van der Waals surface area contributed by atoms with Crippen molar-refractivity contribution in [1.82, 2.24) is 9.88 Å². The zero-order valence-corrected chi connectivity index (χ0v) is 11.5. The molecule has 3 rings (SSSR count). The van der Waals surface area contributed by atoms with E-state index in [0.29, 0.717) is 22.5 Å². The van der Waals surface area contributed by atoms with Crippen molar-refractivity contribution < 1.29 is 9.18 Å². The number of piperidine rings is 1. The molecule has 2 aromatic rings. The highest BCUT2D eigenvalue weighted by Crippen LogP contribution is 2.19. The standard InChI is InChI=1S/C16H17FN2O/c1-11-3-2-8-19(10-11)16(20)15-6-4-12-9-13(17)5-7-14(12)18-15/h4-7,9,11H,2-3,8,10H2,1H3. The third kappa shape index (κ3) is 2.50. The van der Waals surface area contributed by atoms with Gasteiger partial charge in [0.15, 0.2) is 0 Å². The van der Waals surface area contributed by atoms with Gasteiger partial charge in [0.05, 0.1) is 5.52 Å². The molecule has 1 aliphatic rings. The molecule has 0 spiro atoms. The molecule has 1 fully saturated rings. The monoisotopic (exact) mass is 272 g/mol. The molecule has 0 aliphatic carbocycles. The minimum atomic E-state index is -0.289. The first-order valence-corrected chi connectivity index (χ1v) is 6.99. The predicted molar refractivity (Wildman–Crippen MR) is 76.0 cm³/mol. The highest BCUT2D eigenvalue weighted by atomic mass is 19.1. The summed E-state index contributed by atoms with van der Waals surface area (Å²) < 4.78 is 13.1. The maximum Gasteiger partial charge on any atom is 0.272 e. The van der Waals surface area contributed by atoms with E-state index in [9.17, 15) is 9.18 Å². The van der Waals surface area contributed by atoms with Gasteiger partial charge in [-0.3, -0.25) is 4.79 Å². The zero-order valence-electron chi connectivity index (χ0n) is 11.5. The van der Waals surface area contributed by atoms with Gasteiger partial charge >= 0.3 is 0 Å². The number of amides is 1. The zero-order chi connectivity index (χ0) is 14.1. The molecule has 4 heteroatoms. The van der Waals surface area contributed by atoms with Gasteiger partial charge < -0.3 is 4.90 Å². The molecule has 1 unspecified atom stereocenters. The Labute approximate surface area is 117 Å². The number of hydrogen-bond acceptors (Lipinski definition) is 2. The number of benzene rings is 1. The number of pyridine rings is 1. The molecule has 3 nitrogen and oxygen atoms in total. The van der Waals surface area contributed by atoms with Crippen LogP contribution in [0, 0.1) is 11.7 Å². The number of nitrogens with zero attached hydrogens (tertiary/aromatic N) is 2. The van der Waals surface area contributed by atoms with Crippen molar-refractivity contribution >= 4 is 16.8 Å². The summed E-state index contributed by atoms with van der Waals surface area (Å²) >= 11 is 0. The molecule has 0 radical (unpaired) electrons. The van der Waals surface area contributed by atoms with Crippen LogP contribution < -0.4 is 0 Å². The SMILES string of the molecule is CC1CCCN(C(=O)c2ccc3cc(F)ccc3n2)C1. The Morgan fingerprint density at radius 2 is 2.20 bits per heavy atom. The quantitative estimate of drug-likeness (QED) is 0.798. The molecule has 1 atom stereocenters. The van der Waals surface area contributed by atoms with Crippen LogP contribution in [0.25, 0.3) is 10.9 Å². The Morgan fingerprint density at radius 1 is 1.35 bits per heavy atom. The van der Waals surface area contributed by atoms with Crippen LogP contribution in [-0.4, -0.2) is 28.9 Å². The van der Waals surface area contributed by atoms with Gasteiger partial charge in [-0.2, -0.15) is 0 Å². The molecule has 1 amide bonds. The van der Waals surface area contributed by atoms with Gasteiger partial charge in [0.25, 0.3) is 5.91 Å². The number of hydrogen-bond donors (Lipinski definition) is 0. The van der Waals surface area contributed by atoms with E-state index >= 15 is 0 Å². The first kappa shape index (κ1) is 13.0. The number of carbonyl (C=O) groups is 1. The molecule has 1 aromatic heterocycles. The lowest BCUT2D eigenvalue weighted by Gasteiger charge is -2.30. The van der Waals surface area contributed by atoms with E-state index in [1.165, 1.54) is 18.6 Å². The van der Waals surface area contributed by atoms with Crippen molar-refractivity contribution in [2.45, 2.75) is 19.8 Å². The van der Waals surface area contributed by atoms with E-state index in [-0.39, 0.29) is 11.7 Å². The first-order chi connectivity index (χ1) is 9.63. The summed E-state index contributed by atoms with van der Waals surface area (Å²) in [7, 11) is 0. The summed E-state index contributed by atoms with van der Waals surface area (Å²) in [6.45, 7) is 3.75. The maximum atomic E-state index is 13.1. The molecule has 0 N–H and O–H groups in total.